The van der Waals surface area contributed by atoms with Gasteiger partial charge in [-0.3, -0.25) is 14.5 Å². The van der Waals surface area contributed by atoms with Crippen molar-refractivity contribution in [3.63, 3.8) is 0 Å². The monoisotopic (exact) mass is 420 g/mol. The lowest BCUT2D eigenvalue weighted by Gasteiger charge is -2.31. The summed E-state index contributed by atoms with van der Waals surface area (Å²) in [6.45, 7) is 5.53. The van der Waals surface area contributed by atoms with Gasteiger partial charge in [-0.1, -0.05) is 24.3 Å². The number of nitrogens with one attached hydrogen (secondary N) is 1. The fourth-order valence-corrected chi connectivity index (χ4v) is 4.65. The quantitative estimate of drug-likeness (QED) is 0.716. The first-order valence-corrected chi connectivity index (χ1v) is 11.3. The highest BCUT2D eigenvalue weighted by Crippen LogP contribution is 2.26. The molecule has 2 heterocycles. The third-order valence-electron chi connectivity index (χ3n) is 6.40. The highest BCUT2D eigenvalue weighted by molar-refractivity contribution is 5.95. The number of primary amides is 1. The van der Waals surface area contributed by atoms with Gasteiger partial charge in [0.25, 0.3) is 0 Å². The molecular weight excluding hydrogens is 388 g/mol. The number of piperidine rings is 1. The van der Waals surface area contributed by atoms with Crippen LogP contribution in [0.1, 0.15) is 49.8 Å². The third kappa shape index (κ3) is 5.25. The molecule has 2 aromatic rings. The lowest BCUT2D eigenvalue weighted by Crippen LogP contribution is -2.40. The summed E-state index contributed by atoms with van der Waals surface area (Å²) in [4.78, 5) is 27.7. The standard InChI is InChI=1S/C25H32N4O2/c1-18(20-9-11-23(12-10-20)29-14-4-8-24(29)30)27-22-7-2-5-19(15-22)16-28-13-3-6-21(17-28)25(26)31/h2,5,7,9-12,15,18,21,27H,3-4,6,8,13-14,16-17H2,1H3,(H2,26,31). The van der Waals surface area contributed by atoms with Gasteiger partial charge in [-0.05, 0) is 68.1 Å². The molecule has 3 N–H and O–H groups in total. The fraction of sp³-hybridized carbons (Fsp3) is 0.440. The molecule has 0 aliphatic carbocycles. The van der Waals surface area contributed by atoms with Crippen LogP contribution in [0.15, 0.2) is 48.5 Å². The molecule has 0 aromatic heterocycles. The van der Waals surface area contributed by atoms with E-state index in [-0.39, 0.29) is 23.8 Å². The molecule has 2 saturated heterocycles. The van der Waals surface area contributed by atoms with Gasteiger partial charge in [0.1, 0.15) is 0 Å². The Hall–Kier alpha value is -2.86. The molecule has 2 aliphatic rings. The molecule has 6 nitrogen and oxygen atoms in total. The zero-order chi connectivity index (χ0) is 21.8. The highest BCUT2D eigenvalue weighted by Gasteiger charge is 2.24. The normalized spacial score (nSPS) is 20.6. The minimum atomic E-state index is -0.186. The van der Waals surface area contributed by atoms with E-state index >= 15 is 0 Å². The van der Waals surface area contributed by atoms with Crippen LogP contribution in [0.4, 0.5) is 11.4 Å². The summed E-state index contributed by atoms with van der Waals surface area (Å²) < 4.78 is 0. The third-order valence-corrected chi connectivity index (χ3v) is 6.40. The summed E-state index contributed by atoms with van der Waals surface area (Å²) in [5.74, 6) is -0.00504. The van der Waals surface area contributed by atoms with E-state index in [4.69, 9.17) is 5.73 Å². The first kappa shape index (κ1) is 21.4. The van der Waals surface area contributed by atoms with E-state index in [2.05, 4.69) is 53.5 Å². The van der Waals surface area contributed by atoms with Crippen LogP contribution in [0.3, 0.4) is 0 Å². The number of nitrogens with zero attached hydrogens (tertiary/aromatic N) is 2. The predicted molar refractivity (Wildman–Crippen MR) is 124 cm³/mol. The number of benzene rings is 2. The van der Waals surface area contributed by atoms with Crippen LogP contribution in [0.2, 0.25) is 0 Å². The Morgan fingerprint density at radius 1 is 1.16 bits per heavy atom. The summed E-state index contributed by atoms with van der Waals surface area (Å²) in [5.41, 5.74) is 9.98. The van der Waals surface area contributed by atoms with Gasteiger partial charge in [0.05, 0.1) is 5.92 Å². The summed E-state index contributed by atoms with van der Waals surface area (Å²) in [6, 6.07) is 16.9. The minimum absolute atomic E-state index is 0.0334. The van der Waals surface area contributed by atoms with Gasteiger partial charge in [0.15, 0.2) is 0 Å². The number of rotatable bonds is 7. The molecule has 0 spiro atoms. The van der Waals surface area contributed by atoms with Crippen molar-refractivity contribution in [2.24, 2.45) is 11.7 Å². The van der Waals surface area contributed by atoms with Crippen LogP contribution in [0.25, 0.3) is 0 Å². The molecule has 6 heteroatoms. The molecule has 0 radical (unpaired) electrons. The van der Waals surface area contributed by atoms with Crippen LogP contribution in [-0.2, 0) is 16.1 Å². The van der Waals surface area contributed by atoms with Crippen molar-refractivity contribution in [3.05, 3.63) is 59.7 Å². The predicted octanol–water partition coefficient (Wildman–Crippen LogP) is 3.68. The van der Waals surface area contributed by atoms with E-state index in [0.717, 1.165) is 56.8 Å². The van der Waals surface area contributed by atoms with Crippen molar-refractivity contribution in [3.8, 4) is 0 Å². The second-order valence-corrected chi connectivity index (χ2v) is 8.78. The van der Waals surface area contributed by atoms with Crippen molar-refractivity contribution < 1.29 is 9.59 Å². The Labute approximate surface area is 184 Å². The lowest BCUT2D eigenvalue weighted by atomic mass is 9.97. The van der Waals surface area contributed by atoms with E-state index < -0.39 is 0 Å². The zero-order valence-electron chi connectivity index (χ0n) is 18.2. The van der Waals surface area contributed by atoms with Gasteiger partial charge in [-0.2, -0.15) is 0 Å². The Morgan fingerprint density at radius 2 is 1.97 bits per heavy atom. The number of hydrogen-bond donors (Lipinski definition) is 2. The van der Waals surface area contributed by atoms with E-state index in [0.29, 0.717) is 6.42 Å². The van der Waals surface area contributed by atoms with Crippen molar-refractivity contribution in [2.45, 2.75) is 45.2 Å². The largest absolute Gasteiger partial charge is 0.379 e. The maximum absolute atomic E-state index is 11.9. The highest BCUT2D eigenvalue weighted by atomic mass is 16.2. The second-order valence-electron chi connectivity index (χ2n) is 8.78. The van der Waals surface area contributed by atoms with Crippen LogP contribution in [-0.4, -0.2) is 36.3 Å². The minimum Gasteiger partial charge on any atom is -0.379 e. The van der Waals surface area contributed by atoms with Gasteiger partial charge in [-0.15, -0.1) is 0 Å². The Kier molecular flexibility index (Phi) is 6.56. The van der Waals surface area contributed by atoms with Crippen molar-refractivity contribution in [1.29, 1.82) is 0 Å². The van der Waals surface area contributed by atoms with Gasteiger partial charge in [0, 0.05) is 43.5 Å². The molecule has 2 atom stereocenters. The first-order valence-electron chi connectivity index (χ1n) is 11.3. The average Bonchev–Trinajstić information content (AvgIpc) is 3.20. The molecule has 4 rings (SSSR count). The molecule has 0 saturated carbocycles. The SMILES string of the molecule is CC(Nc1cccc(CN2CCCC(C(N)=O)C2)c1)c1ccc(N2CCCC2=O)cc1. The van der Waals surface area contributed by atoms with E-state index in [1.807, 2.05) is 17.0 Å². The summed E-state index contributed by atoms with van der Waals surface area (Å²) in [6.07, 6.45) is 3.50. The van der Waals surface area contributed by atoms with Gasteiger partial charge in [0.2, 0.25) is 11.8 Å². The Balaban J connectivity index is 1.37. The number of nitrogens with two attached hydrogens (primary N) is 1. The first-order chi connectivity index (χ1) is 15.0. The summed E-state index contributed by atoms with van der Waals surface area (Å²) in [5, 5.41) is 3.59. The lowest BCUT2D eigenvalue weighted by molar-refractivity contribution is -0.123. The van der Waals surface area contributed by atoms with Crippen molar-refractivity contribution >= 4 is 23.2 Å². The number of carbonyl (C=O) groups is 2. The maximum atomic E-state index is 11.9. The molecule has 2 amide bonds. The Morgan fingerprint density at radius 3 is 2.68 bits per heavy atom. The van der Waals surface area contributed by atoms with E-state index in [1.54, 1.807) is 0 Å². The van der Waals surface area contributed by atoms with Gasteiger partial charge >= 0.3 is 0 Å². The van der Waals surface area contributed by atoms with Crippen LogP contribution < -0.4 is 16.0 Å². The van der Waals surface area contributed by atoms with Crippen LogP contribution in [0.5, 0.6) is 0 Å². The molecule has 2 aromatic carbocycles. The maximum Gasteiger partial charge on any atom is 0.227 e. The van der Waals surface area contributed by atoms with Gasteiger partial charge in [-0.25, -0.2) is 0 Å². The van der Waals surface area contributed by atoms with Crippen molar-refractivity contribution in [1.82, 2.24) is 4.90 Å². The van der Waals surface area contributed by atoms with E-state index in [1.165, 1.54) is 11.1 Å². The smallest absolute Gasteiger partial charge is 0.227 e. The van der Waals surface area contributed by atoms with Crippen LogP contribution >= 0.6 is 0 Å². The Bertz CT molecular complexity index is 927. The zero-order valence-corrected chi connectivity index (χ0v) is 18.2. The van der Waals surface area contributed by atoms with Gasteiger partial charge < -0.3 is 16.0 Å². The topological polar surface area (TPSA) is 78.7 Å². The fourth-order valence-electron chi connectivity index (χ4n) is 4.65. The summed E-state index contributed by atoms with van der Waals surface area (Å²) >= 11 is 0. The summed E-state index contributed by atoms with van der Waals surface area (Å²) in [7, 11) is 0. The molecule has 164 valence electrons. The molecular formula is C25H32N4O2. The molecule has 31 heavy (non-hydrogen) atoms. The van der Waals surface area contributed by atoms with Crippen molar-refractivity contribution in [2.75, 3.05) is 29.9 Å². The number of likely N-dealkylation sites (tertiary alicyclic amines) is 1. The number of amides is 2. The molecule has 0 bridgehead atoms. The second kappa shape index (κ2) is 9.52. The number of anilines is 2. The molecule has 2 aliphatic heterocycles. The van der Waals surface area contributed by atoms with Crippen LogP contribution in [0, 0.1) is 5.92 Å². The molecule has 2 unspecified atom stereocenters. The molecule has 2 fully saturated rings. The number of carbonyl (C=O) groups excluding carboxylic acids is 2. The average molecular weight is 421 g/mol. The number of hydrogen-bond acceptors (Lipinski definition) is 4. The van der Waals surface area contributed by atoms with E-state index in [9.17, 15) is 9.59 Å².